The fourth-order valence-corrected chi connectivity index (χ4v) is 3.91. The van der Waals surface area contributed by atoms with E-state index in [9.17, 15) is 0 Å². The molecule has 2 nitrogen and oxygen atoms in total. The van der Waals surface area contributed by atoms with Crippen LogP contribution in [0, 0.1) is 5.41 Å². The van der Waals surface area contributed by atoms with Gasteiger partial charge in [-0.15, -0.1) is 22.7 Å². The Balaban J connectivity index is 2.16. The number of nitrogens with two attached hydrogens (primary N) is 1. The third-order valence-electron chi connectivity index (χ3n) is 2.56. The molecule has 2 rings (SSSR count). The monoisotopic (exact) mass is 330 g/mol. The highest BCUT2D eigenvalue weighted by molar-refractivity contribution is 9.11. The molecule has 0 bridgehead atoms. The lowest BCUT2D eigenvalue weighted by Crippen LogP contribution is -2.25. The summed E-state index contributed by atoms with van der Waals surface area (Å²) in [5.74, 6) is 0. The number of nitrogens with zero attached hydrogens (tertiary/aromatic N) is 1. The minimum atomic E-state index is 0.130. The number of thiazole rings is 1. The minimum Gasteiger partial charge on any atom is -0.330 e. The maximum Gasteiger partial charge on any atom is 0.0938 e. The molecule has 0 aliphatic rings. The molecule has 0 aliphatic heterocycles. The van der Waals surface area contributed by atoms with Gasteiger partial charge in [-0.2, -0.15) is 0 Å². The number of thiophene rings is 1. The molecule has 0 saturated heterocycles. The van der Waals surface area contributed by atoms with Gasteiger partial charge in [0, 0.05) is 11.8 Å². The second-order valence-corrected chi connectivity index (χ2v) is 8.18. The predicted molar refractivity (Wildman–Crippen MR) is 79.7 cm³/mol. The molecule has 17 heavy (non-hydrogen) atoms. The lowest BCUT2D eigenvalue weighted by Gasteiger charge is -2.20. The number of rotatable bonds is 4. The summed E-state index contributed by atoms with van der Waals surface area (Å²) in [7, 11) is 0. The highest BCUT2D eigenvalue weighted by atomic mass is 79.9. The molecular weight excluding hydrogens is 316 g/mol. The van der Waals surface area contributed by atoms with Crippen molar-refractivity contribution in [1.82, 2.24) is 4.98 Å². The number of hydrogen-bond acceptors (Lipinski definition) is 4. The Morgan fingerprint density at radius 3 is 2.76 bits per heavy atom. The molecule has 0 unspecified atom stereocenters. The zero-order valence-electron chi connectivity index (χ0n) is 9.87. The van der Waals surface area contributed by atoms with Gasteiger partial charge in [-0.1, -0.05) is 13.8 Å². The van der Waals surface area contributed by atoms with Crippen molar-refractivity contribution >= 4 is 38.6 Å². The Labute approximate surface area is 118 Å². The zero-order chi connectivity index (χ0) is 12.5. The van der Waals surface area contributed by atoms with E-state index in [0.29, 0.717) is 6.54 Å². The molecule has 0 spiro atoms. The van der Waals surface area contributed by atoms with E-state index in [-0.39, 0.29) is 5.41 Å². The van der Waals surface area contributed by atoms with Crippen LogP contribution >= 0.6 is 38.6 Å². The van der Waals surface area contributed by atoms with E-state index < -0.39 is 0 Å². The first-order chi connectivity index (χ1) is 8.00. The van der Waals surface area contributed by atoms with Gasteiger partial charge in [0.25, 0.3) is 0 Å². The summed E-state index contributed by atoms with van der Waals surface area (Å²) in [5, 5.41) is 3.29. The first-order valence-corrected chi connectivity index (χ1v) is 7.89. The zero-order valence-corrected chi connectivity index (χ0v) is 13.1. The lowest BCUT2D eigenvalue weighted by molar-refractivity contribution is 0.376. The second kappa shape index (κ2) is 5.18. The van der Waals surface area contributed by atoms with Crippen LogP contribution in [0.3, 0.4) is 0 Å². The fourth-order valence-electron chi connectivity index (χ4n) is 1.44. The molecule has 2 heterocycles. The van der Waals surface area contributed by atoms with Gasteiger partial charge in [-0.25, -0.2) is 4.98 Å². The predicted octanol–water partition coefficient (Wildman–Crippen LogP) is 4.16. The summed E-state index contributed by atoms with van der Waals surface area (Å²) in [6.45, 7) is 5.04. The van der Waals surface area contributed by atoms with Crippen LogP contribution in [0.2, 0.25) is 0 Å². The standard InChI is InChI=1S/C12H15BrN2S2/c1-12(2,7-14)5-11-15-8(6-16-11)9-3-4-10(13)17-9/h3-4,6H,5,7,14H2,1-2H3. The Hall–Kier alpha value is -0.230. The van der Waals surface area contributed by atoms with Crippen molar-refractivity contribution in [1.29, 1.82) is 0 Å². The van der Waals surface area contributed by atoms with Crippen LogP contribution in [0.25, 0.3) is 10.6 Å². The quantitative estimate of drug-likeness (QED) is 0.913. The Bertz CT molecular complexity index is 502. The minimum absolute atomic E-state index is 0.130. The molecule has 2 N–H and O–H groups in total. The van der Waals surface area contributed by atoms with Crippen LogP contribution in [0.1, 0.15) is 18.9 Å². The van der Waals surface area contributed by atoms with Crippen LogP contribution in [0.5, 0.6) is 0 Å². The summed E-state index contributed by atoms with van der Waals surface area (Å²) in [6.07, 6.45) is 0.945. The largest absolute Gasteiger partial charge is 0.330 e. The van der Waals surface area contributed by atoms with Crippen LogP contribution < -0.4 is 5.73 Å². The number of halogens is 1. The second-order valence-electron chi connectivity index (χ2n) is 4.78. The van der Waals surface area contributed by atoms with E-state index in [1.807, 2.05) is 0 Å². The van der Waals surface area contributed by atoms with E-state index in [1.165, 1.54) is 9.88 Å². The molecule has 0 saturated carbocycles. The van der Waals surface area contributed by atoms with Gasteiger partial charge >= 0.3 is 0 Å². The summed E-state index contributed by atoms with van der Waals surface area (Å²) < 4.78 is 1.14. The molecule has 0 amide bonds. The maximum atomic E-state index is 5.75. The van der Waals surface area contributed by atoms with Gasteiger partial charge in [-0.3, -0.25) is 0 Å². The van der Waals surface area contributed by atoms with Crippen molar-refractivity contribution in [3.63, 3.8) is 0 Å². The number of aromatic nitrogens is 1. The lowest BCUT2D eigenvalue weighted by atomic mass is 9.90. The van der Waals surface area contributed by atoms with Crippen molar-refractivity contribution in [2.45, 2.75) is 20.3 Å². The topological polar surface area (TPSA) is 38.9 Å². The van der Waals surface area contributed by atoms with Crippen molar-refractivity contribution in [2.75, 3.05) is 6.54 Å². The first kappa shape index (κ1) is 13.2. The van der Waals surface area contributed by atoms with E-state index in [4.69, 9.17) is 5.73 Å². The van der Waals surface area contributed by atoms with Crippen molar-refractivity contribution in [2.24, 2.45) is 11.1 Å². The molecule has 0 aromatic carbocycles. The average molecular weight is 331 g/mol. The molecule has 92 valence electrons. The Morgan fingerprint density at radius 1 is 1.41 bits per heavy atom. The highest BCUT2D eigenvalue weighted by Gasteiger charge is 2.18. The average Bonchev–Trinajstić information content (AvgIpc) is 2.86. The smallest absolute Gasteiger partial charge is 0.0938 e. The molecule has 0 radical (unpaired) electrons. The van der Waals surface area contributed by atoms with Crippen LogP contribution in [-0.2, 0) is 6.42 Å². The molecule has 2 aromatic heterocycles. The molecule has 5 heteroatoms. The van der Waals surface area contributed by atoms with Crippen molar-refractivity contribution < 1.29 is 0 Å². The molecule has 0 aliphatic carbocycles. The van der Waals surface area contributed by atoms with Gasteiger partial charge in [-0.05, 0) is 40.0 Å². The van der Waals surface area contributed by atoms with Crippen LogP contribution in [-0.4, -0.2) is 11.5 Å². The highest BCUT2D eigenvalue weighted by Crippen LogP contribution is 2.33. The summed E-state index contributed by atoms with van der Waals surface area (Å²) in [6, 6.07) is 4.16. The van der Waals surface area contributed by atoms with Gasteiger partial charge in [0.15, 0.2) is 0 Å². The summed E-state index contributed by atoms with van der Waals surface area (Å²) in [5.41, 5.74) is 6.96. The summed E-state index contributed by atoms with van der Waals surface area (Å²) in [4.78, 5) is 5.89. The fraction of sp³-hybridized carbons (Fsp3) is 0.417. The van der Waals surface area contributed by atoms with Crippen LogP contribution in [0.15, 0.2) is 21.3 Å². The molecule has 0 atom stereocenters. The van der Waals surface area contributed by atoms with Crippen LogP contribution in [0.4, 0.5) is 0 Å². The number of hydrogen-bond donors (Lipinski definition) is 1. The van der Waals surface area contributed by atoms with Crippen molar-refractivity contribution in [3.8, 4) is 10.6 Å². The molecule has 0 fully saturated rings. The third kappa shape index (κ3) is 3.37. The van der Waals surface area contributed by atoms with E-state index in [1.54, 1.807) is 22.7 Å². The maximum absolute atomic E-state index is 5.75. The Kier molecular flexibility index (Phi) is 4.02. The first-order valence-electron chi connectivity index (χ1n) is 5.40. The Morgan fingerprint density at radius 2 is 2.18 bits per heavy atom. The molecule has 2 aromatic rings. The van der Waals surface area contributed by atoms with Gasteiger partial charge in [0.1, 0.15) is 0 Å². The van der Waals surface area contributed by atoms with Gasteiger partial charge in [0.2, 0.25) is 0 Å². The third-order valence-corrected chi connectivity index (χ3v) is 5.05. The van der Waals surface area contributed by atoms with E-state index in [2.05, 4.69) is 52.3 Å². The van der Waals surface area contributed by atoms with Crippen molar-refractivity contribution in [3.05, 3.63) is 26.3 Å². The van der Waals surface area contributed by atoms with E-state index in [0.717, 1.165) is 15.9 Å². The van der Waals surface area contributed by atoms with E-state index >= 15 is 0 Å². The normalized spacial score (nSPS) is 12.0. The SMILES string of the molecule is CC(C)(CN)Cc1nc(-c2ccc(Br)s2)cs1. The molecular formula is C12H15BrN2S2. The van der Waals surface area contributed by atoms with Gasteiger partial charge < -0.3 is 5.73 Å². The van der Waals surface area contributed by atoms with Gasteiger partial charge in [0.05, 0.1) is 19.4 Å². The summed E-state index contributed by atoms with van der Waals surface area (Å²) >= 11 is 6.91.